The Balaban J connectivity index is 1.88. The Morgan fingerprint density at radius 3 is 2.71 bits per heavy atom. The van der Waals surface area contributed by atoms with E-state index in [2.05, 4.69) is 0 Å². The summed E-state index contributed by atoms with van der Waals surface area (Å²) in [6.45, 7) is 3.33. The summed E-state index contributed by atoms with van der Waals surface area (Å²) < 4.78 is 5.67. The molecule has 24 heavy (non-hydrogen) atoms. The SMILES string of the molecule is CCOc1cc(-c2ccccc2)sc1C(=O)N1CC[C@H](C(N)=O)C1. The minimum absolute atomic E-state index is 0.0885. The van der Waals surface area contributed by atoms with E-state index >= 15 is 0 Å². The van der Waals surface area contributed by atoms with E-state index in [1.54, 1.807) is 4.90 Å². The molecule has 1 fully saturated rings. The number of carbonyl (C=O) groups is 2. The molecule has 2 N–H and O–H groups in total. The van der Waals surface area contributed by atoms with E-state index in [0.29, 0.717) is 36.7 Å². The number of thiophene rings is 1. The van der Waals surface area contributed by atoms with Crippen LogP contribution in [-0.2, 0) is 4.79 Å². The number of nitrogens with two attached hydrogens (primary N) is 1. The Morgan fingerprint density at radius 2 is 2.08 bits per heavy atom. The average molecular weight is 344 g/mol. The molecule has 5 nitrogen and oxygen atoms in total. The van der Waals surface area contributed by atoms with Gasteiger partial charge in [0.1, 0.15) is 10.6 Å². The van der Waals surface area contributed by atoms with Crippen LogP contribution in [0.5, 0.6) is 5.75 Å². The fraction of sp³-hybridized carbons (Fsp3) is 0.333. The molecule has 6 heteroatoms. The predicted octanol–water partition coefficient (Wildman–Crippen LogP) is 2.76. The van der Waals surface area contributed by atoms with E-state index in [1.807, 2.05) is 43.3 Å². The molecular weight excluding hydrogens is 324 g/mol. The van der Waals surface area contributed by atoms with E-state index in [-0.39, 0.29) is 17.7 Å². The van der Waals surface area contributed by atoms with Crippen molar-refractivity contribution in [3.8, 4) is 16.2 Å². The van der Waals surface area contributed by atoms with Crippen molar-refractivity contribution in [3.63, 3.8) is 0 Å². The third kappa shape index (κ3) is 3.28. The second kappa shape index (κ2) is 7.05. The van der Waals surface area contributed by atoms with Gasteiger partial charge < -0.3 is 15.4 Å². The van der Waals surface area contributed by atoms with E-state index in [1.165, 1.54) is 11.3 Å². The van der Waals surface area contributed by atoms with Crippen molar-refractivity contribution in [2.45, 2.75) is 13.3 Å². The van der Waals surface area contributed by atoms with E-state index in [0.717, 1.165) is 10.4 Å². The Labute approximate surface area is 145 Å². The third-order valence-electron chi connectivity index (χ3n) is 4.13. The number of hydrogen-bond acceptors (Lipinski definition) is 4. The summed E-state index contributed by atoms with van der Waals surface area (Å²) in [6.07, 6.45) is 0.627. The molecule has 1 aliphatic heterocycles. The van der Waals surface area contributed by atoms with Gasteiger partial charge in [-0.2, -0.15) is 0 Å². The smallest absolute Gasteiger partial charge is 0.267 e. The van der Waals surface area contributed by atoms with Gasteiger partial charge in [0.05, 0.1) is 12.5 Å². The summed E-state index contributed by atoms with van der Waals surface area (Å²) in [6, 6.07) is 11.8. The molecule has 0 aliphatic carbocycles. The molecule has 126 valence electrons. The van der Waals surface area contributed by atoms with Gasteiger partial charge in [-0.1, -0.05) is 30.3 Å². The van der Waals surface area contributed by atoms with Gasteiger partial charge in [0, 0.05) is 18.0 Å². The number of carbonyl (C=O) groups excluding carboxylic acids is 2. The quantitative estimate of drug-likeness (QED) is 0.906. The molecule has 1 aromatic heterocycles. The molecular formula is C18H20N2O3S. The predicted molar refractivity (Wildman–Crippen MR) is 94.1 cm³/mol. The number of likely N-dealkylation sites (tertiary alicyclic amines) is 1. The molecule has 3 rings (SSSR count). The van der Waals surface area contributed by atoms with Gasteiger partial charge in [-0.25, -0.2) is 0 Å². The first-order valence-corrected chi connectivity index (χ1v) is 8.82. The van der Waals surface area contributed by atoms with Crippen molar-refractivity contribution in [1.29, 1.82) is 0 Å². The molecule has 0 spiro atoms. The van der Waals surface area contributed by atoms with Crippen molar-refractivity contribution in [3.05, 3.63) is 41.3 Å². The highest BCUT2D eigenvalue weighted by Gasteiger charge is 2.32. The number of rotatable bonds is 5. The number of benzene rings is 1. The van der Waals surface area contributed by atoms with Crippen LogP contribution in [0, 0.1) is 5.92 Å². The molecule has 0 saturated carbocycles. The highest BCUT2D eigenvalue weighted by Crippen LogP contribution is 2.37. The number of amides is 2. The van der Waals surface area contributed by atoms with Crippen molar-refractivity contribution in [2.24, 2.45) is 11.7 Å². The van der Waals surface area contributed by atoms with Crippen molar-refractivity contribution >= 4 is 23.2 Å². The van der Waals surface area contributed by atoms with Crippen LogP contribution in [0.1, 0.15) is 23.0 Å². The maximum atomic E-state index is 12.9. The number of hydrogen-bond donors (Lipinski definition) is 1. The van der Waals surface area contributed by atoms with Crippen LogP contribution in [0.4, 0.5) is 0 Å². The van der Waals surface area contributed by atoms with Crippen LogP contribution in [-0.4, -0.2) is 36.4 Å². The zero-order chi connectivity index (χ0) is 17.1. The lowest BCUT2D eigenvalue weighted by Gasteiger charge is -2.15. The standard InChI is InChI=1S/C18H20N2O3S/c1-2-23-14-10-15(12-6-4-3-5-7-12)24-16(14)18(22)20-9-8-13(11-20)17(19)21/h3-7,10,13H,2,8-9,11H2,1H3,(H2,19,21)/t13-/m0/s1. The summed E-state index contributed by atoms with van der Waals surface area (Å²) in [5, 5.41) is 0. The molecule has 0 bridgehead atoms. The van der Waals surface area contributed by atoms with Crippen LogP contribution in [0.15, 0.2) is 36.4 Å². The van der Waals surface area contributed by atoms with Crippen LogP contribution in [0.3, 0.4) is 0 Å². The second-order valence-corrected chi connectivity index (χ2v) is 6.79. The zero-order valence-corrected chi connectivity index (χ0v) is 14.3. The summed E-state index contributed by atoms with van der Waals surface area (Å²) in [7, 11) is 0. The normalized spacial score (nSPS) is 17.0. The fourth-order valence-electron chi connectivity index (χ4n) is 2.85. The largest absolute Gasteiger partial charge is 0.492 e. The first-order valence-electron chi connectivity index (χ1n) is 8.00. The molecule has 2 amide bonds. The zero-order valence-electron chi connectivity index (χ0n) is 13.5. The van der Waals surface area contributed by atoms with Crippen molar-refractivity contribution < 1.29 is 14.3 Å². The fourth-order valence-corrected chi connectivity index (χ4v) is 3.93. The molecule has 2 aromatic rings. The number of ether oxygens (including phenoxy) is 1. The minimum atomic E-state index is -0.341. The minimum Gasteiger partial charge on any atom is -0.492 e. The topological polar surface area (TPSA) is 72.6 Å². The van der Waals surface area contributed by atoms with E-state index in [9.17, 15) is 9.59 Å². The Kier molecular flexibility index (Phi) is 4.85. The second-order valence-electron chi connectivity index (χ2n) is 5.74. The molecule has 1 aromatic carbocycles. The molecule has 1 atom stereocenters. The van der Waals surface area contributed by atoms with Crippen LogP contribution in [0.2, 0.25) is 0 Å². The maximum absolute atomic E-state index is 12.9. The highest BCUT2D eigenvalue weighted by atomic mass is 32.1. The van der Waals surface area contributed by atoms with Gasteiger partial charge in [0.25, 0.3) is 5.91 Å². The maximum Gasteiger partial charge on any atom is 0.267 e. The lowest BCUT2D eigenvalue weighted by molar-refractivity contribution is -0.121. The molecule has 2 heterocycles. The van der Waals surface area contributed by atoms with Crippen molar-refractivity contribution in [2.75, 3.05) is 19.7 Å². The monoisotopic (exact) mass is 344 g/mol. The number of nitrogens with zero attached hydrogens (tertiary/aromatic N) is 1. The van der Waals surface area contributed by atoms with E-state index < -0.39 is 0 Å². The summed E-state index contributed by atoms with van der Waals surface area (Å²) >= 11 is 1.42. The Morgan fingerprint density at radius 1 is 1.33 bits per heavy atom. The highest BCUT2D eigenvalue weighted by molar-refractivity contribution is 7.17. The van der Waals surface area contributed by atoms with Gasteiger partial charge in [-0.15, -0.1) is 11.3 Å². The van der Waals surface area contributed by atoms with Crippen LogP contribution < -0.4 is 10.5 Å². The van der Waals surface area contributed by atoms with Gasteiger partial charge in [-0.05, 0) is 25.0 Å². The summed E-state index contributed by atoms with van der Waals surface area (Å²) in [4.78, 5) is 27.5. The number of primary amides is 1. The summed E-state index contributed by atoms with van der Waals surface area (Å²) in [5.74, 6) is -0.0761. The molecule has 0 unspecified atom stereocenters. The lowest BCUT2D eigenvalue weighted by atomic mass is 10.1. The van der Waals surface area contributed by atoms with Gasteiger partial charge in [-0.3, -0.25) is 9.59 Å². The van der Waals surface area contributed by atoms with Gasteiger partial charge >= 0.3 is 0 Å². The summed E-state index contributed by atoms with van der Waals surface area (Å²) in [5.41, 5.74) is 6.41. The first kappa shape index (κ1) is 16.5. The Bertz CT molecular complexity index is 742. The van der Waals surface area contributed by atoms with Crippen molar-refractivity contribution in [1.82, 2.24) is 4.90 Å². The first-order chi connectivity index (χ1) is 11.6. The van der Waals surface area contributed by atoms with Crippen LogP contribution >= 0.6 is 11.3 Å². The Hall–Kier alpha value is -2.34. The lowest BCUT2D eigenvalue weighted by Crippen LogP contribution is -2.31. The van der Waals surface area contributed by atoms with Crippen LogP contribution in [0.25, 0.3) is 10.4 Å². The molecule has 1 aliphatic rings. The molecule has 1 saturated heterocycles. The third-order valence-corrected chi connectivity index (χ3v) is 5.28. The van der Waals surface area contributed by atoms with Gasteiger partial charge in [0.15, 0.2) is 0 Å². The van der Waals surface area contributed by atoms with E-state index in [4.69, 9.17) is 10.5 Å². The van der Waals surface area contributed by atoms with Gasteiger partial charge in [0.2, 0.25) is 5.91 Å². The molecule has 0 radical (unpaired) electrons. The average Bonchev–Trinajstić information content (AvgIpc) is 3.23.